The minimum absolute atomic E-state index is 0.906. The quantitative estimate of drug-likeness (QED) is 0.694. The molecule has 0 amide bonds. The minimum atomic E-state index is 0.906. The third-order valence-corrected chi connectivity index (χ3v) is 5.90. The van der Waals surface area contributed by atoms with Crippen molar-refractivity contribution < 1.29 is 0 Å². The van der Waals surface area contributed by atoms with E-state index in [-0.39, 0.29) is 0 Å². The van der Waals surface area contributed by atoms with Crippen LogP contribution in [0.1, 0.15) is 32.6 Å². The van der Waals surface area contributed by atoms with Gasteiger partial charge in [0, 0.05) is 32.7 Å². The molecule has 4 heterocycles. The molecule has 0 bridgehead atoms. The zero-order valence-electron chi connectivity index (χ0n) is 16.1. The smallest absolute Gasteiger partial charge is 0.229 e. The molecule has 5 heteroatoms. The van der Waals surface area contributed by atoms with Gasteiger partial charge in [-0.1, -0.05) is 30.3 Å². The van der Waals surface area contributed by atoms with Crippen LogP contribution in [0.25, 0.3) is 22.3 Å². The van der Waals surface area contributed by atoms with E-state index in [2.05, 4.69) is 57.7 Å². The first kappa shape index (κ1) is 16.6. The molecule has 140 valence electrons. The van der Waals surface area contributed by atoms with Crippen LogP contribution in [-0.4, -0.2) is 40.7 Å². The van der Waals surface area contributed by atoms with Gasteiger partial charge in [-0.05, 0) is 44.2 Å². The molecular weight excluding hydrogens is 334 g/mol. The normalized spacial score (nSPS) is 17.4. The summed E-state index contributed by atoms with van der Waals surface area (Å²) < 4.78 is 2.35. The van der Waals surface area contributed by atoms with E-state index in [1.54, 1.807) is 0 Å². The maximum Gasteiger partial charge on any atom is 0.229 e. The second kappa shape index (κ2) is 6.87. The van der Waals surface area contributed by atoms with Gasteiger partial charge in [0.1, 0.15) is 11.5 Å². The molecule has 2 fully saturated rings. The Morgan fingerprint density at radius 3 is 2.19 bits per heavy atom. The van der Waals surface area contributed by atoms with Crippen molar-refractivity contribution in [2.45, 2.75) is 39.2 Å². The van der Waals surface area contributed by atoms with Crippen molar-refractivity contribution in [2.24, 2.45) is 0 Å². The monoisotopic (exact) mass is 361 g/mol. The molecule has 5 nitrogen and oxygen atoms in total. The fourth-order valence-corrected chi connectivity index (χ4v) is 4.50. The summed E-state index contributed by atoms with van der Waals surface area (Å²) in [6.45, 7) is 7.46. The van der Waals surface area contributed by atoms with Crippen LogP contribution in [0.3, 0.4) is 0 Å². The molecule has 2 saturated heterocycles. The van der Waals surface area contributed by atoms with Gasteiger partial charge in [-0.2, -0.15) is 9.97 Å². The highest BCUT2D eigenvalue weighted by atomic mass is 15.3. The lowest BCUT2D eigenvalue weighted by atomic mass is 10.1. The molecule has 2 aromatic heterocycles. The van der Waals surface area contributed by atoms with Gasteiger partial charge in [0.25, 0.3) is 0 Å². The van der Waals surface area contributed by atoms with Gasteiger partial charge in [0.15, 0.2) is 0 Å². The highest BCUT2D eigenvalue weighted by Crippen LogP contribution is 2.35. The van der Waals surface area contributed by atoms with Crippen LogP contribution in [-0.2, 0) is 6.54 Å². The molecule has 27 heavy (non-hydrogen) atoms. The van der Waals surface area contributed by atoms with E-state index in [1.165, 1.54) is 42.3 Å². The zero-order valence-corrected chi connectivity index (χ0v) is 16.1. The van der Waals surface area contributed by atoms with Gasteiger partial charge >= 0.3 is 0 Å². The Kier molecular flexibility index (Phi) is 4.23. The Hall–Kier alpha value is -2.56. The molecule has 0 N–H and O–H groups in total. The minimum Gasteiger partial charge on any atom is -0.356 e. The second-order valence-corrected chi connectivity index (χ2v) is 7.61. The number of aryl methyl sites for hydroxylation is 1. The number of fused-ring (bicyclic) bond motifs is 1. The topological polar surface area (TPSA) is 37.2 Å². The summed E-state index contributed by atoms with van der Waals surface area (Å²) in [5, 5.41) is 1.19. The van der Waals surface area contributed by atoms with Crippen LogP contribution >= 0.6 is 0 Å². The van der Waals surface area contributed by atoms with Gasteiger partial charge in [-0.3, -0.25) is 0 Å². The molecule has 1 aromatic carbocycles. The van der Waals surface area contributed by atoms with Crippen LogP contribution in [0.5, 0.6) is 0 Å². The number of hydrogen-bond acceptors (Lipinski definition) is 4. The summed E-state index contributed by atoms with van der Waals surface area (Å²) in [6.07, 6.45) is 4.99. The second-order valence-electron chi connectivity index (χ2n) is 7.61. The zero-order chi connectivity index (χ0) is 18.2. The molecule has 3 aromatic rings. The van der Waals surface area contributed by atoms with E-state index in [0.717, 1.165) is 50.1 Å². The van der Waals surface area contributed by atoms with Gasteiger partial charge < -0.3 is 14.4 Å². The first-order valence-corrected chi connectivity index (χ1v) is 10.3. The molecule has 0 aliphatic carbocycles. The van der Waals surface area contributed by atoms with Crippen LogP contribution in [0.2, 0.25) is 0 Å². The lowest BCUT2D eigenvalue weighted by Crippen LogP contribution is -2.24. The summed E-state index contributed by atoms with van der Waals surface area (Å²) in [5.41, 5.74) is 3.56. The molecule has 0 atom stereocenters. The Balaban J connectivity index is 1.73. The standard InChI is InChI=1S/C22H27N5/c1-2-27-19(17-10-4-3-5-11-17)16-18-20(25-12-6-7-13-25)23-22(24-21(18)27)26-14-8-9-15-26/h3-5,10-11,16H,2,6-9,12-15H2,1H3. The lowest BCUT2D eigenvalue weighted by molar-refractivity contribution is 0.788. The average Bonchev–Trinajstić information content (AvgIpc) is 3.48. The van der Waals surface area contributed by atoms with E-state index in [0.29, 0.717) is 0 Å². The molecular formula is C22H27N5. The van der Waals surface area contributed by atoms with Crippen molar-refractivity contribution in [3.8, 4) is 11.3 Å². The maximum atomic E-state index is 5.07. The lowest BCUT2D eigenvalue weighted by Gasteiger charge is -2.21. The first-order valence-electron chi connectivity index (χ1n) is 10.3. The van der Waals surface area contributed by atoms with Crippen LogP contribution in [0.15, 0.2) is 36.4 Å². The molecule has 5 rings (SSSR count). The summed E-state index contributed by atoms with van der Waals surface area (Å²) in [6, 6.07) is 13.0. The summed E-state index contributed by atoms with van der Waals surface area (Å²) in [4.78, 5) is 14.9. The number of rotatable bonds is 4. The van der Waals surface area contributed by atoms with Crippen LogP contribution in [0.4, 0.5) is 11.8 Å². The molecule has 0 saturated carbocycles. The number of anilines is 2. The largest absolute Gasteiger partial charge is 0.356 e. The van der Waals surface area contributed by atoms with Crippen molar-refractivity contribution >= 4 is 22.8 Å². The van der Waals surface area contributed by atoms with Crippen molar-refractivity contribution in [3.63, 3.8) is 0 Å². The number of nitrogens with zero attached hydrogens (tertiary/aromatic N) is 5. The van der Waals surface area contributed by atoms with Gasteiger partial charge in [0.05, 0.1) is 11.1 Å². The van der Waals surface area contributed by atoms with E-state index in [9.17, 15) is 0 Å². The van der Waals surface area contributed by atoms with E-state index >= 15 is 0 Å². The van der Waals surface area contributed by atoms with Gasteiger partial charge in [-0.15, -0.1) is 0 Å². The van der Waals surface area contributed by atoms with Crippen molar-refractivity contribution in [3.05, 3.63) is 36.4 Å². The third-order valence-electron chi connectivity index (χ3n) is 5.90. The van der Waals surface area contributed by atoms with E-state index < -0.39 is 0 Å². The Morgan fingerprint density at radius 2 is 1.52 bits per heavy atom. The Bertz CT molecular complexity index is 934. The summed E-state index contributed by atoms with van der Waals surface area (Å²) in [7, 11) is 0. The van der Waals surface area contributed by atoms with Crippen molar-refractivity contribution in [1.82, 2.24) is 14.5 Å². The highest BCUT2D eigenvalue weighted by molar-refractivity contribution is 5.94. The van der Waals surface area contributed by atoms with E-state index in [4.69, 9.17) is 9.97 Å². The number of aromatic nitrogens is 3. The predicted molar refractivity (Wildman–Crippen MR) is 112 cm³/mol. The molecule has 0 spiro atoms. The molecule has 2 aliphatic rings. The third kappa shape index (κ3) is 2.85. The SMILES string of the molecule is CCn1c(-c2ccccc2)cc2c(N3CCCC3)nc(N3CCCC3)nc21. The number of benzene rings is 1. The average molecular weight is 361 g/mol. The number of hydrogen-bond donors (Lipinski definition) is 0. The summed E-state index contributed by atoms with van der Waals surface area (Å²) in [5.74, 6) is 2.04. The maximum absolute atomic E-state index is 5.07. The Morgan fingerprint density at radius 1 is 0.852 bits per heavy atom. The summed E-state index contributed by atoms with van der Waals surface area (Å²) >= 11 is 0. The van der Waals surface area contributed by atoms with Crippen LogP contribution in [0, 0.1) is 0 Å². The molecule has 0 radical (unpaired) electrons. The molecule has 0 unspecified atom stereocenters. The first-order chi connectivity index (χ1) is 13.3. The van der Waals surface area contributed by atoms with Gasteiger partial charge in [-0.25, -0.2) is 0 Å². The Labute approximate surface area is 160 Å². The van der Waals surface area contributed by atoms with Crippen molar-refractivity contribution in [2.75, 3.05) is 36.0 Å². The van der Waals surface area contributed by atoms with Crippen molar-refractivity contribution in [1.29, 1.82) is 0 Å². The van der Waals surface area contributed by atoms with Gasteiger partial charge in [0.2, 0.25) is 5.95 Å². The highest BCUT2D eigenvalue weighted by Gasteiger charge is 2.24. The fraction of sp³-hybridized carbons (Fsp3) is 0.455. The van der Waals surface area contributed by atoms with E-state index in [1.807, 2.05) is 0 Å². The fourth-order valence-electron chi connectivity index (χ4n) is 4.50. The van der Waals surface area contributed by atoms with Crippen LogP contribution < -0.4 is 9.80 Å². The molecule has 2 aliphatic heterocycles. The predicted octanol–water partition coefficient (Wildman–Crippen LogP) is 4.32.